The van der Waals surface area contributed by atoms with Crippen molar-refractivity contribution in [2.75, 3.05) is 25.4 Å². The normalized spacial score (nSPS) is 27.2. The molecule has 4 nitrogen and oxygen atoms in total. The Kier molecular flexibility index (Phi) is 5.53. The van der Waals surface area contributed by atoms with Crippen molar-refractivity contribution >= 4 is 17.7 Å². The van der Waals surface area contributed by atoms with Gasteiger partial charge in [-0.05, 0) is 29.8 Å². The number of amides is 1. The Balaban J connectivity index is 1.58. The average molecular weight is 398 g/mol. The molecule has 0 radical (unpaired) electrons. The zero-order valence-electron chi connectivity index (χ0n) is 15.6. The van der Waals surface area contributed by atoms with Crippen LogP contribution < -0.4 is 10.6 Å². The van der Waals surface area contributed by atoms with Crippen LogP contribution in [0.3, 0.4) is 0 Å². The summed E-state index contributed by atoms with van der Waals surface area (Å²) in [6.45, 7) is 6.42. The largest absolute Gasteiger partial charge is 0.328 e. The maximum atomic E-state index is 13.5. The fourth-order valence-electron chi connectivity index (χ4n) is 4.21. The molecule has 0 saturated carbocycles. The van der Waals surface area contributed by atoms with Crippen LogP contribution in [0.4, 0.5) is 4.39 Å². The number of carbonyl (C=O) groups excluding carboxylic acids is 1. The fraction of sp³-hybridized carbons (Fsp3) is 0.318. The Morgan fingerprint density at radius 1 is 1.29 bits per heavy atom. The minimum absolute atomic E-state index is 0.0979. The average Bonchev–Trinajstić information content (AvgIpc) is 3.08. The minimum Gasteiger partial charge on any atom is -0.328 e. The van der Waals surface area contributed by atoms with Crippen molar-refractivity contribution in [2.24, 2.45) is 5.92 Å². The van der Waals surface area contributed by atoms with Crippen LogP contribution in [0.25, 0.3) is 0 Å². The third kappa shape index (κ3) is 3.72. The second kappa shape index (κ2) is 8.07. The van der Waals surface area contributed by atoms with Crippen LogP contribution in [0, 0.1) is 11.7 Å². The first-order valence-electron chi connectivity index (χ1n) is 9.45. The van der Waals surface area contributed by atoms with E-state index in [0.29, 0.717) is 11.5 Å². The number of rotatable bonds is 5. The van der Waals surface area contributed by atoms with Gasteiger partial charge in [-0.3, -0.25) is 15.0 Å². The van der Waals surface area contributed by atoms with E-state index in [2.05, 4.69) is 22.1 Å². The molecule has 0 aliphatic carbocycles. The summed E-state index contributed by atoms with van der Waals surface area (Å²) in [6.07, 6.45) is 1.91. The lowest BCUT2D eigenvalue weighted by molar-refractivity contribution is 0.0932. The van der Waals surface area contributed by atoms with E-state index in [1.807, 2.05) is 48.5 Å². The summed E-state index contributed by atoms with van der Waals surface area (Å²) in [5.74, 6) is 0.946. The molecule has 0 aromatic heterocycles. The van der Waals surface area contributed by atoms with Crippen LogP contribution in [0.5, 0.6) is 0 Å². The van der Waals surface area contributed by atoms with E-state index >= 15 is 0 Å². The Morgan fingerprint density at radius 2 is 2.04 bits per heavy atom. The van der Waals surface area contributed by atoms with E-state index in [1.54, 1.807) is 11.8 Å². The third-order valence-electron chi connectivity index (χ3n) is 5.55. The first-order chi connectivity index (χ1) is 13.6. The summed E-state index contributed by atoms with van der Waals surface area (Å²) in [7, 11) is 0. The Labute approximate surface area is 169 Å². The molecule has 2 aromatic carbocycles. The van der Waals surface area contributed by atoms with Crippen molar-refractivity contribution in [3.05, 3.63) is 84.2 Å². The van der Waals surface area contributed by atoms with Gasteiger partial charge in [0, 0.05) is 36.9 Å². The van der Waals surface area contributed by atoms with Gasteiger partial charge < -0.3 is 5.32 Å². The van der Waals surface area contributed by atoms with Gasteiger partial charge in [0.15, 0.2) is 0 Å². The van der Waals surface area contributed by atoms with E-state index in [9.17, 15) is 9.18 Å². The molecule has 3 atom stereocenters. The SMILES string of the molecule is C=CCN1CC2CSC(NC(=O)c3ccccc3)NC2(c2ccc(F)cc2)C1. The summed E-state index contributed by atoms with van der Waals surface area (Å²) in [5, 5.41) is 6.79. The van der Waals surface area contributed by atoms with E-state index in [1.165, 1.54) is 12.1 Å². The van der Waals surface area contributed by atoms with Crippen molar-refractivity contribution in [3.63, 3.8) is 0 Å². The number of fused-ring (bicyclic) bond motifs is 1. The standard InChI is InChI=1S/C22H24FN3OS/c1-2-12-26-13-18-14-28-21(24-20(27)16-6-4-3-5-7-16)25-22(18,15-26)17-8-10-19(23)11-9-17/h2-11,18,21,25H,1,12-15H2,(H,24,27). The van der Waals surface area contributed by atoms with Crippen LogP contribution in [-0.4, -0.2) is 41.7 Å². The molecule has 146 valence electrons. The molecule has 0 bridgehead atoms. The molecule has 2 fully saturated rings. The second-order valence-corrected chi connectivity index (χ2v) is 8.49. The van der Waals surface area contributed by atoms with Gasteiger partial charge in [0.1, 0.15) is 11.3 Å². The molecule has 6 heteroatoms. The van der Waals surface area contributed by atoms with Crippen molar-refractivity contribution in [2.45, 2.75) is 11.0 Å². The number of nitrogens with one attached hydrogen (secondary N) is 2. The van der Waals surface area contributed by atoms with Crippen molar-refractivity contribution in [1.29, 1.82) is 0 Å². The van der Waals surface area contributed by atoms with Gasteiger partial charge in [-0.25, -0.2) is 4.39 Å². The first-order valence-corrected chi connectivity index (χ1v) is 10.5. The molecular formula is C22H24FN3OS. The maximum absolute atomic E-state index is 13.5. The Morgan fingerprint density at radius 3 is 2.75 bits per heavy atom. The number of thioether (sulfide) groups is 1. The van der Waals surface area contributed by atoms with Crippen LogP contribution in [0.2, 0.25) is 0 Å². The molecule has 2 aromatic rings. The molecule has 3 unspecified atom stereocenters. The minimum atomic E-state index is -0.323. The molecular weight excluding hydrogens is 373 g/mol. The van der Waals surface area contributed by atoms with E-state index in [4.69, 9.17) is 0 Å². The number of hydrogen-bond donors (Lipinski definition) is 2. The summed E-state index contributed by atoms with van der Waals surface area (Å²) in [5.41, 5.74) is 1.17. The van der Waals surface area contributed by atoms with Crippen LogP contribution in [0.15, 0.2) is 67.3 Å². The highest BCUT2D eigenvalue weighted by Gasteiger charge is 2.51. The van der Waals surface area contributed by atoms with Crippen molar-refractivity contribution in [1.82, 2.24) is 15.5 Å². The monoisotopic (exact) mass is 397 g/mol. The van der Waals surface area contributed by atoms with Gasteiger partial charge in [-0.1, -0.05) is 36.4 Å². The predicted octanol–water partition coefficient (Wildman–Crippen LogP) is 3.19. The fourth-order valence-corrected chi connectivity index (χ4v) is 5.51. The summed E-state index contributed by atoms with van der Waals surface area (Å²) in [6, 6.07) is 16.0. The number of carbonyl (C=O) groups is 1. The van der Waals surface area contributed by atoms with Gasteiger partial charge >= 0.3 is 0 Å². The molecule has 2 saturated heterocycles. The molecule has 1 amide bonds. The topological polar surface area (TPSA) is 44.4 Å². The lowest BCUT2D eigenvalue weighted by Crippen LogP contribution is -2.61. The summed E-state index contributed by atoms with van der Waals surface area (Å²) < 4.78 is 13.5. The number of benzene rings is 2. The van der Waals surface area contributed by atoms with E-state index in [0.717, 1.165) is 31.0 Å². The molecule has 4 rings (SSSR count). The lowest BCUT2D eigenvalue weighted by Gasteiger charge is -2.44. The quantitative estimate of drug-likeness (QED) is 0.761. The van der Waals surface area contributed by atoms with Gasteiger partial charge in [0.05, 0.1) is 5.54 Å². The molecule has 2 aliphatic heterocycles. The third-order valence-corrected chi connectivity index (χ3v) is 6.71. The number of nitrogens with zero attached hydrogens (tertiary/aromatic N) is 1. The van der Waals surface area contributed by atoms with Crippen LogP contribution in [-0.2, 0) is 5.54 Å². The molecule has 2 heterocycles. The lowest BCUT2D eigenvalue weighted by atomic mass is 9.81. The van der Waals surface area contributed by atoms with Crippen molar-refractivity contribution < 1.29 is 9.18 Å². The van der Waals surface area contributed by atoms with E-state index in [-0.39, 0.29) is 22.8 Å². The van der Waals surface area contributed by atoms with Gasteiger partial charge in [-0.15, -0.1) is 18.3 Å². The maximum Gasteiger partial charge on any atom is 0.253 e. The van der Waals surface area contributed by atoms with Gasteiger partial charge in [0.2, 0.25) is 0 Å². The van der Waals surface area contributed by atoms with Crippen LogP contribution >= 0.6 is 11.8 Å². The molecule has 2 aliphatic rings. The highest BCUT2D eigenvalue weighted by Crippen LogP contribution is 2.43. The van der Waals surface area contributed by atoms with E-state index < -0.39 is 0 Å². The molecule has 0 spiro atoms. The zero-order valence-corrected chi connectivity index (χ0v) is 16.4. The van der Waals surface area contributed by atoms with Gasteiger partial charge in [0.25, 0.3) is 5.91 Å². The smallest absolute Gasteiger partial charge is 0.253 e. The first kappa shape index (κ1) is 19.2. The molecule has 28 heavy (non-hydrogen) atoms. The second-order valence-electron chi connectivity index (χ2n) is 7.36. The van der Waals surface area contributed by atoms with Crippen molar-refractivity contribution in [3.8, 4) is 0 Å². The highest BCUT2D eigenvalue weighted by molar-refractivity contribution is 7.99. The summed E-state index contributed by atoms with van der Waals surface area (Å²) in [4.78, 5) is 15.0. The highest BCUT2D eigenvalue weighted by atomic mass is 32.2. The Bertz CT molecular complexity index is 845. The number of likely N-dealkylation sites (tertiary alicyclic amines) is 1. The predicted molar refractivity (Wildman–Crippen MR) is 111 cm³/mol. The van der Waals surface area contributed by atoms with Crippen LogP contribution in [0.1, 0.15) is 15.9 Å². The Hall–Kier alpha value is -2.15. The number of halogens is 1. The zero-order chi connectivity index (χ0) is 19.6. The number of hydrogen-bond acceptors (Lipinski definition) is 4. The molecule has 2 N–H and O–H groups in total. The van der Waals surface area contributed by atoms with Gasteiger partial charge in [-0.2, -0.15) is 0 Å². The summed E-state index contributed by atoms with van der Waals surface area (Å²) >= 11 is 1.71.